The minimum atomic E-state index is -0.868. The van der Waals surface area contributed by atoms with E-state index in [1.165, 1.54) is 28.6 Å². The van der Waals surface area contributed by atoms with E-state index >= 15 is 0 Å². The summed E-state index contributed by atoms with van der Waals surface area (Å²) in [5.74, 6) is -1.13. The molecule has 7 nitrogen and oxygen atoms in total. The number of ketones is 1. The van der Waals surface area contributed by atoms with Gasteiger partial charge in [0.1, 0.15) is 5.75 Å². The Kier molecular flexibility index (Phi) is 5.22. The van der Waals surface area contributed by atoms with Crippen molar-refractivity contribution in [2.75, 3.05) is 11.5 Å². The molecule has 0 radical (unpaired) electrons. The average Bonchev–Trinajstić information content (AvgIpc) is 3.53. The molecule has 166 valence electrons. The minimum absolute atomic E-state index is 0.0436. The van der Waals surface area contributed by atoms with Crippen LogP contribution in [0.2, 0.25) is 0 Å². The molecule has 8 heteroatoms. The second-order valence-electron chi connectivity index (χ2n) is 7.62. The van der Waals surface area contributed by atoms with Gasteiger partial charge in [0.15, 0.2) is 16.7 Å². The van der Waals surface area contributed by atoms with E-state index in [0.29, 0.717) is 23.1 Å². The van der Waals surface area contributed by atoms with Gasteiger partial charge in [0, 0.05) is 0 Å². The van der Waals surface area contributed by atoms with Gasteiger partial charge in [-0.25, -0.2) is 4.98 Å². The number of thiazole rings is 1. The summed E-state index contributed by atoms with van der Waals surface area (Å²) in [5, 5.41) is 11.2. The van der Waals surface area contributed by atoms with Crippen LogP contribution in [0.15, 0.2) is 76.6 Å². The maximum atomic E-state index is 13.3. The number of Topliss-reactive ketones (excluding diaryl/α,β-unsaturated/α-hetero) is 1. The van der Waals surface area contributed by atoms with Gasteiger partial charge in [0.05, 0.1) is 34.7 Å². The van der Waals surface area contributed by atoms with Crippen LogP contribution in [-0.4, -0.2) is 28.4 Å². The maximum Gasteiger partial charge on any atom is 0.296 e. The number of nitrogens with zero attached hydrogens (tertiary/aromatic N) is 2. The zero-order valence-electron chi connectivity index (χ0n) is 17.9. The number of aryl methyl sites for hydroxylation is 1. The average molecular weight is 461 g/mol. The Morgan fingerprint density at radius 1 is 1.21 bits per heavy atom. The molecule has 1 atom stereocenters. The SMILES string of the molecule is CCOc1ccc([C@@H]2C(C(=O)c3ccco3)=C(O)C(=O)N2c2nc3ccc(C)cc3s2)cc1. The van der Waals surface area contributed by atoms with Crippen molar-refractivity contribution in [2.45, 2.75) is 19.9 Å². The Bertz CT molecular complexity index is 1390. The van der Waals surface area contributed by atoms with Crippen LogP contribution in [0.1, 0.15) is 34.6 Å². The molecule has 0 unspecified atom stereocenters. The van der Waals surface area contributed by atoms with Crippen LogP contribution in [-0.2, 0) is 4.79 Å². The van der Waals surface area contributed by atoms with E-state index in [9.17, 15) is 14.7 Å². The van der Waals surface area contributed by atoms with Gasteiger partial charge in [-0.1, -0.05) is 29.5 Å². The quantitative estimate of drug-likeness (QED) is 0.389. The number of aliphatic hydroxyl groups is 1. The van der Waals surface area contributed by atoms with E-state index in [-0.39, 0.29) is 11.3 Å². The molecule has 1 N–H and O–H groups in total. The van der Waals surface area contributed by atoms with E-state index in [2.05, 4.69) is 4.98 Å². The number of hydrogen-bond donors (Lipinski definition) is 1. The molecule has 2 aromatic heterocycles. The normalized spacial score (nSPS) is 16.1. The highest BCUT2D eigenvalue weighted by atomic mass is 32.1. The molecule has 4 aromatic rings. The number of benzene rings is 2. The van der Waals surface area contributed by atoms with E-state index < -0.39 is 23.5 Å². The van der Waals surface area contributed by atoms with E-state index in [0.717, 1.165) is 15.8 Å². The predicted molar refractivity (Wildman–Crippen MR) is 125 cm³/mol. The summed E-state index contributed by atoms with van der Waals surface area (Å²) in [6.45, 7) is 4.39. The van der Waals surface area contributed by atoms with Gasteiger partial charge in [-0.2, -0.15) is 0 Å². The molecule has 5 rings (SSSR count). The molecule has 0 spiro atoms. The van der Waals surface area contributed by atoms with Crippen molar-refractivity contribution in [1.29, 1.82) is 0 Å². The molecular formula is C25H20N2O5S. The highest BCUT2D eigenvalue weighted by Crippen LogP contribution is 2.44. The first kappa shape index (κ1) is 21.0. The summed E-state index contributed by atoms with van der Waals surface area (Å²) >= 11 is 1.33. The second kappa shape index (κ2) is 8.22. The summed E-state index contributed by atoms with van der Waals surface area (Å²) in [4.78, 5) is 32.5. The summed E-state index contributed by atoms with van der Waals surface area (Å²) in [6.07, 6.45) is 1.38. The number of rotatable bonds is 6. The Labute approximate surface area is 193 Å². The van der Waals surface area contributed by atoms with Gasteiger partial charge in [0.25, 0.3) is 5.91 Å². The lowest BCUT2D eigenvalue weighted by atomic mass is 9.95. The van der Waals surface area contributed by atoms with Crippen molar-refractivity contribution in [2.24, 2.45) is 0 Å². The second-order valence-corrected chi connectivity index (χ2v) is 8.63. The molecule has 0 bridgehead atoms. The zero-order chi connectivity index (χ0) is 23.1. The molecule has 33 heavy (non-hydrogen) atoms. The topological polar surface area (TPSA) is 92.9 Å². The van der Waals surface area contributed by atoms with Gasteiger partial charge >= 0.3 is 0 Å². The number of aliphatic hydroxyl groups excluding tert-OH is 1. The first-order valence-corrected chi connectivity index (χ1v) is 11.2. The van der Waals surface area contributed by atoms with Gasteiger partial charge < -0.3 is 14.3 Å². The molecule has 2 aromatic carbocycles. The number of fused-ring (bicyclic) bond motifs is 1. The monoisotopic (exact) mass is 460 g/mol. The number of furan rings is 1. The first-order valence-electron chi connectivity index (χ1n) is 10.4. The van der Waals surface area contributed by atoms with Crippen LogP contribution in [0.5, 0.6) is 5.75 Å². The van der Waals surface area contributed by atoms with Crippen molar-refractivity contribution in [3.63, 3.8) is 0 Å². The van der Waals surface area contributed by atoms with Crippen LogP contribution in [0.3, 0.4) is 0 Å². The third-order valence-corrected chi connectivity index (χ3v) is 6.46. The molecule has 1 amide bonds. The molecule has 1 aliphatic heterocycles. The molecule has 3 heterocycles. The first-order chi connectivity index (χ1) is 16.0. The fraction of sp³-hybridized carbons (Fsp3) is 0.160. The minimum Gasteiger partial charge on any atom is -0.503 e. The van der Waals surface area contributed by atoms with Gasteiger partial charge in [-0.05, 0) is 61.4 Å². The summed E-state index contributed by atoms with van der Waals surface area (Å²) in [7, 11) is 0. The number of anilines is 1. The summed E-state index contributed by atoms with van der Waals surface area (Å²) in [6, 6.07) is 15.1. The molecule has 1 aliphatic rings. The lowest BCUT2D eigenvalue weighted by molar-refractivity contribution is -0.117. The zero-order valence-corrected chi connectivity index (χ0v) is 18.8. The number of amides is 1. The van der Waals surface area contributed by atoms with Crippen LogP contribution in [0.25, 0.3) is 10.2 Å². The van der Waals surface area contributed by atoms with Gasteiger partial charge in [0.2, 0.25) is 5.78 Å². The number of aromatic nitrogens is 1. The molecule has 0 fully saturated rings. The Morgan fingerprint density at radius 3 is 2.70 bits per heavy atom. The van der Waals surface area contributed by atoms with Crippen molar-refractivity contribution >= 4 is 38.4 Å². The van der Waals surface area contributed by atoms with Crippen LogP contribution in [0.4, 0.5) is 5.13 Å². The number of carbonyl (C=O) groups excluding carboxylic acids is 2. The highest BCUT2D eigenvalue weighted by molar-refractivity contribution is 7.22. The molecular weight excluding hydrogens is 440 g/mol. The van der Waals surface area contributed by atoms with E-state index in [4.69, 9.17) is 9.15 Å². The maximum absolute atomic E-state index is 13.3. The van der Waals surface area contributed by atoms with Gasteiger partial charge in [-0.3, -0.25) is 14.5 Å². The van der Waals surface area contributed by atoms with E-state index in [1.54, 1.807) is 30.3 Å². The lowest BCUT2D eigenvalue weighted by Gasteiger charge is -2.24. The fourth-order valence-electron chi connectivity index (χ4n) is 3.93. The summed E-state index contributed by atoms with van der Waals surface area (Å²) in [5.41, 5.74) is 2.41. The fourth-order valence-corrected chi connectivity index (χ4v) is 5.02. The predicted octanol–water partition coefficient (Wildman–Crippen LogP) is 5.38. The Morgan fingerprint density at radius 2 is 2.00 bits per heavy atom. The third-order valence-electron chi connectivity index (χ3n) is 5.44. The number of hydrogen-bond acceptors (Lipinski definition) is 7. The van der Waals surface area contributed by atoms with Crippen molar-refractivity contribution in [3.8, 4) is 5.75 Å². The Balaban J connectivity index is 1.65. The molecule has 0 saturated carbocycles. The van der Waals surface area contributed by atoms with Crippen LogP contribution < -0.4 is 9.64 Å². The van der Waals surface area contributed by atoms with Crippen molar-refractivity contribution in [3.05, 3.63) is 89.1 Å². The molecule has 0 saturated heterocycles. The smallest absolute Gasteiger partial charge is 0.296 e. The largest absolute Gasteiger partial charge is 0.503 e. The lowest BCUT2D eigenvalue weighted by Crippen LogP contribution is -2.30. The van der Waals surface area contributed by atoms with Crippen molar-refractivity contribution in [1.82, 2.24) is 4.98 Å². The van der Waals surface area contributed by atoms with Crippen LogP contribution >= 0.6 is 11.3 Å². The van der Waals surface area contributed by atoms with Crippen LogP contribution in [0, 0.1) is 6.92 Å². The van der Waals surface area contributed by atoms with Gasteiger partial charge in [-0.15, -0.1) is 0 Å². The number of carbonyl (C=O) groups is 2. The number of ether oxygens (including phenoxy) is 1. The standard InChI is InChI=1S/C25H20N2O5S/c1-3-31-16-9-7-15(8-10-16)21-20(22(28)18-5-4-12-32-18)23(29)24(30)27(21)25-26-17-11-6-14(2)13-19(17)33-25/h4-13,21,29H,3H2,1-2H3/t21-/m1/s1. The Hall–Kier alpha value is -3.91. The molecule has 0 aliphatic carbocycles. The third kappa shape index (κ3) is 3.58. The highest BCUT2D eigenvalue weighted by Gasteiger charge is 2.46. The van der Waals surface area contributed by atoms with Crippen molar-refractivity contribution < 1.29 is 23.8 Å². The van der Waals surface area contributed by atoms with E-state index in [1.807, 2.05) is 32.0 Å². The summed E-state index contributed by atoms with van der Waals surface area (Å²) < 4.78 is 11.7.